The van der Waals surface area contributed by atoms with Crippen LogP contribution in [-0.4, -0.2) is 36.0 Å². The van der Waals surface area contributed by atoms with Crippen LogP contribution < -0.4 is 5.43 Å². The number of anilines is 1. The van der Waals surface area contributed by atoms with Gasteiger partial charge in [-0.2, -0.15) is 5.10 Å². The summed E-state index contributed by atoms with van der Waals surface area (Å²) in [4.78, 5) is 24.9. The zero-order valence-corrected chi connectivity index (χ0v) is 18.7. The van der Waals surface area contributed by atoms with Crippen LogP contribution in [0, 0.1) is 0 Å². The van der Waals surface area contributed by atoms with Gasteiger partial charge in [-0.05, 0) is 38.1 Å². The highest BCUT2D eigenvalue weighted by Gasteiger charge is 2.27. The van der Waals surface area contributed by atoms with Crippen molar-refractivity contribution in [1.29, 1.82) is 0 Å². The number of ether oxygens (including phenoxy) is 2. The average Bonchev–Trinajstić information content (AvgIpc) is 2.77. The molecule has 0 saturated carbocycles. The number of hydrogen-bond acceptors (Lipinski definition) is 9. The van der Waals surface area contributed by atoms with Gasteiger partial charge >= 0.3 is 11.9 Å². The average molecular weight is 479 g/mol. The van der Waals surface area contributed by atoms with Crippen molar-refractivity contribution in [3.63, 3.8) is 0 Å². The molecule has 0 saturated heterocycles. The molecule has 2 aromatic carbocycles. The van der Waals surface area contributed by atoms with Crippen molar-refractivity contribution in [2.45, 2.75) is 13.8 Å². The lowest BCUT2D eigenvalue weighted by Crippen LogP contribution is -2.24. The minimum atomic E-state index is -1.03. The SMILES string of the molecule is CCOC(=O)C(=NNc1ccccc1Cl)/C(O)=C(\N=Nc1ccccc1Cl)C(=O)OCC. The topological polar surface area (TPSA) is 122 Å². The lowest BCUT2D eigenvalue weighted by Gasteiger charge is -2.09. The molecule has 0 spiro atoms. The number of halogens is 2. The first-order valence-electron chi connectivity index (χ1n) is 9.41. The third kappa shape index (κ3) is 6.79. The molecule has 0 heterocycles. The molecular weight excluding hydrogens is 459 g/mol. The molecule has 2 aromatic rings. The van der Waals surface area contributed by atoms with Crippen LogP contribution in [0.3, 0.4) is 0 Å². The maximum atomic E-state index is 12.4. The van der Waals surface area contributed by atoms with Gasteiger partial charge in [0, 0.05) is 0 Å². The van der Waals surface area contributed by atoms with Gasteiger partial charge in [0.05, 0.1) is 28.9 Å². The smallest absolute Gasteiger partial charge is 0.362 e. The van der Waals surface area contributed by atoms with E-state index in [2.05, 4.69) is 20.8 Å². The Morgan fingerprint density at radius 3 is 2.16 bits per heavy atom. The predicted molar refractivity (Wildman–Crippen MR) is 121 cm³/mol. The fourth-order valence-electron chi connectivity index (χ4n) is 2.20. The number of nitrogens with zero attached hydrogens (tertiary/aromatic N) is 3. The van der Waals surface area contributed by atoms with Crippen LogP contribution >= 0.6 is 23.2 Å². The number of nitrogens with one attached hydrogen (secondary N) is 1. The summed E-state index contributed by atoms with van der Waals surface area (Å²) >= 11 is 12.1. The molecule has 0 aliphatic carbocycles. The zero-order valence-electron chi connectivity index (χ0n) is 17.2. The minimum Gasteiger partial charge on any atom is -0.503 e. The highest BCUT2D eigenvalue weighted by molar-refractivity contribution is 6.43. The van der Waals surface area contributed by atoms with E-state index in [0.717, 1.165) is 0 Å². The lowest BCUT2D eigenvalue weighted by atomic mass is 10.2. The Morgan fingerprint density at radius 1 is 0.938 bits per heavy atom. The van der Waals surface area contributed by atoms with Crippen molar-refractivity contribution in [3.05, 3.63) is 70.0 Å². The Morgan fingerprint density at radius 2 is 1.53 bits per heavy atom. The maximum absolute atomic E-state index is 12.4. The number of benzene rings is 2. The number of carbonyl (C=O) groups excluding carboxylic acids is 2. The summed E-state index contributed by atoms with van der Waals surface area (Å²) in [6, 6.07) is 13.0. The van der Waals surface area contributed by atoms with Crippen molar-refractivity contribution < 1.29 is 24.2 Å². The number of aliphatic hydroxyl groups excluding tert-OH is 1. The number of hydrogen-bond donors (Lipinski definition) is 2. The second kappa shape index (κ2) is 12.4. The highest BCUT2D eigenvalue weighted by Crippen LogP contribution is 2.25. The van der Waals surface area contributed by atoms with E-state index in [0.29, 0.717) is 10.7 Å². The molecule has 0 aliphatic heterocycles. The number of para-hydroxylation sites is 1. The van der Waals surface area contributed by atoms with Gasteiger partial charge in [-0.3, -0.25) is 5.43 Å². The molecule has 11 heteroatoms. The maximum Gasteiger partial charge on any atom is 0.362 e. The molecule has 0 fully saturated rings. The first kappa shape index (κ1) is 24.8. The Balaban J connectivity index is 2.55. The molecule has 2 N–H and O–H groups in total. The van der Waals surface area contributed by atoms with E-state index >= 15 is 0 Å². The number of aliphatic hydroxyl groups is 1. The summed E-state index contributed by atoms with van der Waals surface area (Å²) in [6.45, 7) is 3.12. The Hall–Kier alpha value is -3.43. The first-order valence-corrected chi connectivity index (χ1v) is 10.2. The number of rotatable bonds is 9. The summed E-state index contributed by atoms with van der Waals surface area (Å²) in [5, 5.41) is 22.8. The van der Waals surface area contributed by atoms with E-state index in [1.54, 1.807) is 62.4 Å². The van der Waals surface area contributed by atoms with Crippen molar-refractivity contribution in [2.24, 2.45) is 15.3 Å². The number of carbonyl (C=O) groups is 2. The second-order valence-corrected chi connectivity index (χ2v) is 6.66. The van der Waals surface area contributed by atoms with Gasteiger partial charge in [0.25, 0.3) is 0 Å². The van der Waals surface area contributed by atoms with E-state index in [-0.39, 0.29) is 23.9 Å². The summed E-state index contributed by atoms with van der Waals surface area (Å²) in [7, 11) is 0. The summed E-state index contributed by atoms with van der Waals surface area (Å²) in [5.74, 6) is -2.95. The van der Waals surface area contributed by atoms with E-state index in [9.17, 15) is 14.7 Å². The molecule has 0 amide bonds. The van der Waals surface area contributed by atoms with Gasteiger partial charge < -0.3 is 14.6 Å². The third-order valence-corrected chi connectivity index (χ3v) is 4.31. The molecular formula is C21H20Cl2N4O5. The van der Waals surface area contributed by atoms with Crippen LogP contribution in [0.1, 0.15) is 13.8 Å². The zero-order chi connectivity index (χ0) is 23.5. The van der Waals surface area contributed by atoms with Crippen LogP contribution in [0.15, 0.2) is 75.3 Å². The number of hydrazone groups is 1. The van der Waals surface area contributed by atoms with Crippen molar-refractivity contribution in [2.75, 3.05) is 18.6 Å². The van der Waals surface area contributed by atoms with E-state index in [4.69, 9.17) is 32.7 Å². The van der Waals surface area contributed by atoms with Gasteiger partial charge in [-0.1, -0.05) is 47.5 Å². The molecule has 32 heavy (non-hydrogen) atoms. The highest BCUT2D eigenvalue weighted by atomic mass is 35.5. The monoisotopic (exact) mass is 478 g/mol. The van der Waals surface area contributed by atoms with Gasteiger partial charge in [0.15, 0.2) is 5.76 Å². The van der Waals surface area contributed by atoms with Gasteiger partial charge in [-0.15, -0.1) is 10.2 Å². The van der Waals surface area contributed by atoms with Crippen molar-refractivity contribution in [1.82, 2.24) is 0 Å². The molecule has 0 bridgehead atoms. The van der Waals surface area contributed by atoms with Crippen LogP contribution in [-0.2, 0) is 19.1 Å². The van der Waals surface area contributed by atoms with Crippen molar-refractivity contribution in [3.8, 4) is 0 Å². The Kier molecular flexibility index (Phi) is 9.65. The van der Waals surface area contributed by atoms with Crippen LogP contribution in [0.4, 0.5) is 11.4 Å². The van der Waals surface area contributed by atoms with Gasteiger partial charge in [0.1, 0.15) is 5.69 Å². The third-order valence-electron chi connectivity index (χ3n) is 3.66. The molecule has 0 radical (unpaired) electrons. The van der Waals surface area contributed by atoms with Crippen LogP contribution in [0.25, 0.3) is 0 Å². The van der Waals surface area contributed by atoms with Crippen LogP contribution in [0.5, 0.6) is 0 Å². The molecule has 0 atom stereocenters. The van der Waals surface area contributed by atoms with Crippen LogP contribution in [0.2, 0.25) is 10.0 Å². The molecule has 9 nitrogen and oxygen atoms in total. The molecule has 0 unspecified atom stereocenters. The molecule has 0 aromatic heterocycles. The van der Waals surface area contributed by atoms with Gasteiger partial charge in [0.2, 0.25) is 11.4 Å². The standard InChI is InChI=1S/C21H20Cl2N4O5/c1-3-31-20(29)17(26-24-15-11-7-5-9-13(15)22)19(28)18(21(30)32-4-2)27-25-16-12-8-6-10-14(16)23/h5-12,24,28H,3-4H2,1-2H3/b19-18+,26-17?,27-25?. The Labute approximate surface area is 194 Å². The largest absolute Gasteiger partial charge is 0.503 e. The van der Waals surface area contributed by atoms with E-state index in [1.807, 2.05) is 0 Å². The molecule has 0 aliphatic rings. The quantitative estimate of drug-likeness (QED) is 0.123. The Bertz CT molecular complexity index is 1070. The summed E-state index contributed by atoms with van der Waals surface area (Å²) in [6.07, 6.45) is 0. The van der Waals surface area contributed by atoms with E-state index < -0.39 is 29.1 Å². The van der Waals surface area contributed by atoms with E-state index in [1.165, 1.54) is 0 Å². The summed E-state index contributed by atoms with van der Waals surface area (Å²) in [5.41, 5.74) is 1.83. The normalized spacial score (nSPS) is 12.3. The second-order valence-electron chi connectivity index (χ2n) is 5.84. The van der Waals surface area contributed by atoms with Gasteiger partial charge in [-0.25, -0.2) is 9.59 Å². The predicted octanol–water partition coefficient (Wildman–Crippen LogP) is 5.44. The fourth-order valence-corrected chi connectivity index (χ4v) is 2.55. The first-order chi connectivity index (χ1) is 15.4. The van der Waals surface area contributed by atoms with Crippen molar-refractivity contribution >= 4 is 52.2 Å². The fraction of sp³-hybridized carbons (Fsp3) is 0.190. The molecule has 2 rings (SSSR count). The number of azo groups is 1. The molecule has 168 valence electrons. The lowest BCUT2D eigenvalue weighted by molar-refractivity contribution is -0.138. The number of esters is 2. The summed E-state index contributed by atoms with van der Waals surface area (Å²) < 4.78 is 9.86. The minimum absolute atomic E-state index is 0.00684.